The number of benzene rings is 3. The van der Waals surface area contributed by atoms with Crippen LogP contribution in [-0.2, 0) is 24.2 Å². The van der Waals surface area contributed by atoms with Crippen molar-refractivity contribution in [3.8, 4) is 17.2 Å². The molecule has 9 aliphatic rings. The van der Waals surface area contributed by atoms with Gasteiger partial charge in [0.15, 0.2) is 5.75 Å². The van der Waals surface area contributed by atoms with E-state index in [1.165, 1.54) is 120 Å². The number of aromatic hydroxyl groups is 1. The predicted molar refractivity (Wildman–Crippen MR) is 275 cm³/mol. The molecule has 0 bridgehead atoms. The normalized spacial score (nSPS) is 38.0. The van der Waals surface area contributed by atoms with Crippen molar-refractivity contribution in [3.63, 3.8) is 0 Å². The molecular formula is C63H84O4. The van der Waals surface area contributed by atoms with Gasteiger partial charge in [-0.15, -0.1) is 0 Å². The van der Waals surface area contributed by atoms with E-state index in [1.54, 1.807) is 46.1 Å². The van der Waals surface area contributed by atoms with Crippen LogP contribution in [0.25, 0.3) is 0 Å². The first kappa shape index (κ1) is 46.9. The monoisotopic (exact) mass is 905 g/mol. The Morgan fingerprint density at radius 1 is 0.507 bits per heavy atom. The second-order valence-corrected chi connectivity index (χ2v) is 23.5. The molecule has 12 atom stereocenters. The van der Waals surface area contributed by atoms with Gasteiger partial charge in [-0.1, -0.05) is 73.9 Å². The fraction of sp³-hybridized carbons (Fsp3) is 0.619. The van der Waals surface area contributed by atoms with E-state index in [0.717, 1.165) is 71.2 Å². The number of phenolic OH excluding ortho intramolecular Hbond substituents is 1. The molecule has 0 heterocycles. The Morgan fingerprint density at radius 2 is 0.896 bits per heavy atom. The molecular weight excluding hydrogens is 821 g/mol. The lowest BCUT2D eigenvalue weighted by Gasteiger charge is -2.49. The molecule has 9 aliphatic carbocycles. The highest BCUT2D eigenvalue weighted by Gasteiger charge is 2.55. The maximum absolute atomic E-state index is 9.73. The van der Waals surface area contributed by atoms with Crippen LogP contribution < -0.4 is 9.62 Å². The molecule has 0 aromatic heterocycles. The van der Waals surface area contributed by atoms with Crippen molar-refractivity contribution in [2.24, 2.45) is 51.8 Å². The van der Waals surface area contributed by atoms with E-state index in [9.17, 15) is 5.11 Å². The number of fused-ring (bicyclic) bond motifs is 15. The highest BCUT2D eigenvalue weighted by molar-refractivity contribution is 5.44. The smallest absolute Gasteiger partial charge is 0.165 e. The molecule has 1 N–H and O–H groups in total. The van der Waals surface area contributed by atoms with Crippen molar-refractivity contribution in [1.82, 2.24) is 0 Å². The maximum atomic E-state index is 9.73. The van der Waals surface area contributed by atoms with Gasteiger partial charge in [-0.25, -0.2) is 0 Å². The van der Waals surface area contributed by atoms with E-state index in [1.807, 2.05) is 19.1 Å². The summed E-state index contributed by atoms with van der Waals surface area (Å²) < 4.78 is 5.42. The van der Waals surface area contributed by atoms with Gasteiger partial charge in [0, 0.05) is 0 Å². The molecule has 0 radical (unpaired) electrons. The molecule has 9 unspecified atom stereocenters. The summed E-state index contributed by atoms with van der Waals surface area (Å²) in [7, 11) is 1.77. The Bertz CT molecular complexity index is 2390. The Balaban J connectivity index is 0.000000118. The van der Waals surface area contributed by atoms with Gasteiger partial charge in [0.05, 0.1) is 13.7 Å². The Kier molecular flexibility index (Phi) is 13.2. The molecule has 6 fully saturated rings. The lowest BCUT2D eigenvalue weighted by Crippen LogP contribution is -2.40. The second-order valence-electron chi connectivity index (χ2n) is 23.5. The zero-order valence-corrected chi connectivity index (χ0v) is 42.7. The van der Waals surface area contributed by atoms with Gasteiger partial charge >= 0.3 is 0 Å². The summed E-state index contributed by atoms with van der Waals surface area (Å²) in [5.74, 6) is 9.90. The van der Waals surface area contributed by atoms with Crippen LogP contribution in [0.2, 0.25) is 0 Å². The van der Waals surface area contributed by atoms with Crippen molar-refractivity contribution in [2.45, 2.75) is 182 Å². The van der Waals surface area contributed by atoms with E-state index in [4.69, 9.17) is 14.5 Å². The summed E-state index contributed by atoms with van der Waals surface area (Å²) in [5.41, 5.74) is 15.9. The molecule has 12 rings (SSSR count). The SMILES string of the molecule is C/C=C1/CCC2C3CCc4cc(O)ccc4C3CC[C@]12C.C/C=C1/CCC2C3CCc4cc(OC)ccc4C3CC[C@]12C.C/C=C1/CCC2C3CCc4cc(OOCC)ccc4C3CC[C@]12C. The van der Waals surface area contributed by atoms with Crippen molar-refractivity contribution < 1.29 is 19.6 Å². The number of allylic oxidation sites excluding steroid dienone is 6. The zero-order valence-electron chi connectivity index (χ0n) is 42.7. The van der Waals surface area contributed by atoms with E-state index < -0.39 is 0 Å². The van der Waals surface area contributed by atoms with Crippen LogP contribution >= 0.6 is 0 Å². The highest BCUT2D eigenvalue weighted by Crippen LogP contribution is 2.65. The zero-order chi connectivity index (χ0) is 46.7. The first-order valence-electron chi connectivity index (χ1n) is 27.4. The molecule has 0 saturated heterocycles. The third-order valence-electron chi connectivity index (χ3n) is 21.2. The minimum atomic E-state index is 0.435. The number of ether oxygens (including phenoxy) is 1. The minimum Gasteiger partial charge on any atom is -0.508 e. The van der Waals surface area contributed by atoms with Gasteiger partial charge in [-0.2, -0.15) is 4.89 Å². The molecule has 360 valence electrons. The maximum Gasteiger partial charge on any atom is 0.165 e. The Morgan fingerprint density at radius 3 is 1.30 bits per heavy atom. The standard InChI is InChI=1S/C22H30O2.C21H28O.C20H26O/c1-4-16-7-11-21-20-9-6-15-14-17(24-23-5-2)8-10-18(15)19(20)12-13-22(16,21)3;1-4-15-6-10-20-19-8-5-14-13-16(22-3)7-9-17(14)18(19)11-12-21(15,20)2;1-3-14-5-9-19-18-7-4-13-12-15(21)6-8-16(13)17(18)10-11-20(14,19)2/h4,8,10,14,19-21H,5-7,9,11-13H2,1-3H3;4,7,9,13,18-20H,5-6,8,10-12H2,1-3H3;3,6,8,12,17-19,21H,4-5,7,9-11H2,1-2H3/b16-4-;15-4-;14-3-/t19?,20?,21?,22-;18?,19?,20?,21-;17?,18?,19?,20-/m111/s1. The van der Waals surface area contributed by atoms with Crippen LogP contribution in [0.1, 0.15) is 196 Å². The average molecular weight is 905 g/mol. The number of phenols is 1. The molecule has 0 spiro atoms. The van der Waals surface area contributed by atoms with Gasteiger partial charge in [-0.05, 0) is 283 Å². The number of hydrogen-bond donors (Lipinski definition) is 1. The second kappa shape index (κ2) is 18.9. The number of hydrogen-bond acceptors (Lipinski definition) is 4. The van der Waals surface area contributed by atoms with Gasteiger partial charge < -0.3 is 14.7 Å². The van der Waals surface area contributed by atoms with Crippen LogP contribution in [-0.4, -0.2) is 18.8 Å². The molecule has 67 heavy (non-hydrogen) atoms. The quantitative estimate of drug-likeness (QED) is 0.161. The van der Waals surface area contributed by atoms with Crippen LogP contribution in [0, 0.1) is 51.8 Å². The Labute approximate surface area is 405 Å². The number of aryl methyl sites for hydroxylation is 3. The fourth-order valence-electron chi connectivity index (χ4n) is 18.0. The van der Waals surface area contributed by atoms with Crippen molar-refractivity contribution in [2.75, 3.05) is 13.7 Å². The molecule has 4 heteroatoms. The molecule has 6 saturated carbocycles. The fourth-order valence-corrected chi connectivity index (χ4v) is 18.0. The molecule has 0 aliphatic heterocycles. The molecule has 4 nitrogen and oxygen atoms in total. The van der Waals surface area contributed by atoms with E-state index in [0.29, 0.717) is 28.6 Å². The average Bonchev–Trinajstić information content (AvgIpc) is 4.01. The number of methoxy groups -OCH3 is 1. The third kappa shape index (κ3) is 8.08. The summed E-state index contributed by atoms with van der Waals surface area (Å²) in [5, 5.41) is 9.73. The van der Waals surface area contributed by atoms with E-state index in [2.05, 4.69) is 102 Å². The van der Waals surface area contributed by atoms with Gasteiger partial charge in [0.2, 0.25) is 0 Å². The van der Waals surface area contributed by atoms with E-state index in [-0.39, 0.29) is 0 Å². The lowest BCUT2D eigenvalue weighted by molar-refractivity contribution is -0.202. The first-order valence-corrected chi connectivity index (χ1v) is 27.4. The van der Waals surface area contributed by atoms with Crippen LogP contribution in [0.5, 0.6) is 17.2 Å². The van der Waals surface area contributed by atoms with Crippen molar-refractivity contribution >= 4 is 0 Å². The van der Waals surface area contributed by atoms with Crippen molar-refractivity contribution in [1.29, 1.82) is 0 Å². The molecule has 3 aromatic carbocycles. The van der Waals surface area contributed by atoms with Crippen LogP contribution in [0.15, 0.2) is 89.5 Å². The summed E-state index contributed by atoms with van der Waals surface area (Å²) in [6.45, 7) is 16.9. The Hall–Kier alpha value is -3.76. The number of rotatable bonds is 4. The summed E-state index contributed by atoms with van der Waals surface area (Å²) in [6, 6.07) is 19.5. The van der Waals surface area contributed by atoms with Gasteiger partial charge in [0.25, 0.3) is 0 Å². The summed E-state index contributed by atoms with van der Waals surface area (Å²) in [4.78, 5) is 10.5. The predicted octanol–water partition coefficient (Wildman–Crippen LogP) is 16.5. The van der Waals surface area contributed by atoms with Crippen molar-refractivity contribution in [3.05, 3.63) is 123 Å². The minimum absolute atomic E-state index is 0.435. The van der Waals surface area contributed by atoms with Gasteiger partial charge in [-0.3, -0.25) is 0 Å². The summed E-state index contributed by atoms with van der Waals surface area (Å²) >= 11 is 0. The van der Waals surface area contributed by atoms with E-state index >= 15 is 0 Å². The van der Waals surface area contributed by atoms with Crippen LogP contribution in [0.4, 0.5) is 0 Å². The van der Waals surface area contributed by atoms with Crippen LogP contribution in [0.3, 0.4) is 0 Å². The lowest BCUT2D eigenvalue weighted by atomic mass is 9.55. The molecule has 0 amide bonds. The largest absolute Gasteiger partial charge is 0.508 e. The first-order chi connectivity index (χ1) is 32.5. The van der Waals surface area contributed by atoms with Gasteiger partial charge in [0.1, 0.15) is 11.5 Å². The highest BCUT2D eigenvalue weighted by atomic mass is 17.2. The summed E-state index contributed by atoms with van der Waals surface area (Å²) in [6.07, 6.45) is 31.2. The molecule has 3 aromatic rings. The topological polar surface area (TPSA) is 47.9 Å². The third-order valence-corrected chi connectivity index (χ3v) is 21.2.